The molecule has 3 amide bonds. The van der Waals surface area contributed by atoms with E-state index in [2.05, 4.69) is 15.6 Å². The minimum Gasteiger partial charge on any atom is -0.508 e. The van der Waals surface area contributed by atoms with Crippen LogP contribution in [-0.4, -0.2) is 58.4 Å². The first kappa shape index (κ1) is 18.9. The molecule has 1 saturated carbocycles. The van der Waals surface area contributed by atoms with Crippen LogP contribution < -0.4 is 10.6 Å². The predicted molar refractivity (Wildman–Crippen MR) is 105 cm³/mol. The van der Waals surface area contributed by atoms with Gasteiger partial charge < -0.3 is 20.6 Å². The first-order chi connectivity index (χ1) is 13.9. The zero-order valence-corrected chi connectivity index (χ0v) is 16.2. The van der Waals surface area contributed by atoms with Gasteiger partial charge in [0.1, 0.15) is 11.4 Å². The lowest BCUT2D eigenvalue weighted by atomic mass is 10.1. The number of carbonyl (C=O) groups is 3. The Hall–Kier alpha value is -3.42. The van der Waals surface area contributed by atoms with E-state index < -0.39 is 0 Å². The van der Waals surface area contributed by atoms with Crippen LogP contribution in [0.5, 0.6) is 5.75 Å². The van der Waals surface area contributed by atoms with Gasteiger partial charge in [-0.3, -0.25) is 19.4 Å². The molecule has 2 aromatic rings. The number of hydrogen-bond acceptors (Lipinski definition) is 5. The van der Waals surface area contributed by atoms with Crippen LogP contribution in [0.4, 0.5) is 0 Å². The van der Waals surface area contributed by atoms with E-state index in [1.165, 1.54) is 25.4 Å². The molecule has 1 saturated heterocycles. The van der Waals surface area contributed by atoms with Gasteiger partial charge in [-0.25, -0.2) is 0 Å². The molecule has 2 fully saturated rings. The van der Waals surface area contributed by atoms with Gasteiger partial charge >= 0.3 is 0 Å². The number of nitrogens with one attached hydrogen (secondary N) is 2. The Morgan fingerprint density at radius 1 is 1.17 bits per heavy atom. The Morgan fingerprint density at radius 3 is 2.66 bits per heavy atom. The molecule has 3 N–H and O–H groups in total. The number of aromatic nitrogens is 1. The molecule has 1 aliphatic carbocycles. The van der Waals surface area contributed by atoms with Crippen molar-refractivity contribution >= 4 is 17.7 Å². The number of aromatic hydroxyl groups is 1. The number of fused-ring (bicyclic) bond motifs is 1. The molecule has 1 aromatic carbocycles. The summed E-state index contributed by atoms with van der Waals surface area (Å²) in [5.41, 5.74) is 1.89. The Morgan fingerprint density at radius 2 is 1.97 bits per heavy atom. The fourth-order valence-corrected chi connectivity index (χ4v) is 3.90. The standard InChI is InChI=1S/C21H22N4O4/c1-11-3-5-13(26)7-14(11)21(29)25-10-17(15-8-18(15)25)24-19(27)12-4-6-16(23-9-12)20(28)22-2/h3-7,9,15,17-18,26H,8,10H2,1-2H3,(H,22,28)(H,24,27). The average Bonchev–Trinajstić information content (AvgIpc) is 3.45. The number of pyridine rings is 1. The van der Waals surface area contributed by atoms with Gasteiger partial charge in [-0.2, -0.15) is 0 Å². The number of phenolic OH excluding ortho intramolecular Hbond substituents is 1. The number of benzene rings is 1. The lowest BCUT2D eigenvalue weighted by molar-refractivity contribution is 0.0753. The maximum absolute atomic E-state index is 12.9. The molecule has 2 aliphatic rings. The zero-order chi connectivity index (χ0) is 20.7. The molecule has 0 bridgehead atoms. The van der Waals surface area contributed by atoms with E-state index in [-0.39, 0.29) is 47.2 Å². The summed E-state index contributed by atoms with van der Waals surface area (Å²) in [6.07, 6.45) is 2.22. The highest BCUT2D eigenvalue weighted by atomic mass is 16.3. The van der Waals surface area contributed by atoms with Crippen molar-refractivity contribution in [3.05, 3.63) is 58.9 Å². The first-order valence-electron chi connectivity index (χ1n) is 9.48. The first-order valence-corrected chi connectivity index (χ1v) is 9.48. The van der Waals surface area contributed by atoms with Gasteiger partial charge in [-0.15, -0.1) is 0 Å². The van der Waals surface area contributed by atoms with Crippen molar-refractivity contribution in [2.45, 2.75) is 25.4 Å². The van der Waals surface area contributed by atoms with E-state index in [1.807, 2.05) is 6.92 Å². The van der Waals surface area contributed by atoms with Crippen molar-refractivity contribution in [2.75, 3.05) is 13.6 Å². The van der Waals surface area contributed by atoms with Crippen LogP contribution in [0.25, 0.3) is 0 Å². The van der Waals surface area contributed by atoms with Gasteiger partial charge in [0.05, 0.1) is 11.6 Å². The number of likely N-dealkylation sites (tertiary alicyclic amines) is 1. The molecule has 2 heterocycles. The topological polar surface area (TPSA) is 112 Å². The predicted octanol–water partition coefficient (Wildman–Crippen LogP) is 1.10. The molecule has 3 unspecified atom stereocenters. The summed E-state index contributed by atoms with van der Waals surface area (Å²) in [4.78, 5) is 42.9. The van der Waals surface area contributed by atoms with Crippen molar-refractivity contribution in [2.24, 2.45) is 5.92 Å². The van der Waals surface area contributed by atoms with Gasteiger partial charge in [0.15, 0.2) is 0 Å². The molecule has 4 rings (SSSR count). The second kappa shape index (κ2) is 7.20. The molecule has 0 spiro atoms. The molecule has 150 valence electrons. The number of carbonyl (C=O) groups excluding carboxylic acids is 3. The fourth-order valence-electron chi connectivity index (χ4n) is 3.90. The fraction of sp³-hybridized carbons (Fsp3) is 0.333. The van der Waals surface area contributed by atoms with Gasteiger partial charge in [-0.05, 0) is 43.2 Å². The maximum Gasteiger partial charge on any atom is 0.269 e. The van der Waals surface area contributed by atoms with Crippen LogP contribution in [-0.2, 0) is 0 Å². The number of nitrogens with zero attached hydrogens (tertiary/aromatic N) is 2. The lowest BCUT2D eigenvalue weighted by Gasteiger charge is -2.22. The van der Waals surface area contributed by atoms with E-state index in [0.717, 1.165) is 12.0 Å². The molecule has 0 radical (unpaired) electrons. The Bertz CT molecular complexity index is 989. The Kier molecular flexibility index (Phi) is 4.70. The van der Waals surface area contributed by atoms with Crippen molar-refractivity contribution in [3.8, 4) is 5.75 Å². The van der Waals surface area contributed by atoms with E-state index in [9.17, 15) is 19.5 Å². The van der Waals surface area contributed by atoms with Crippen LogP contribution in [0, 0.1) is 12.8 Å². The number of rotatable bonds is 4. The Labute approximate surface area is 167 Å². The molecule has 3 atom stereocenters. The summed E-state index contributed by atoms with van der Waals surface area (Å²) in [6.45, 7) is 2.26. The zero-order valence-electron chi connectivity index (χ0n) is 16.2. The third-order valence-corrected chi connectivity index (χ3v) is 5.63. The average molecular weight is 394 g/mol. The molecule has 29 heavy (non-hydrogen) atoms. The van der Waals surface area contributed by atoms with Crippen LogP contribution in [0.3, 0.4) is 0 Å². The summed E-state index contributed by atoms with van der Waals surface area (Å²) < 4.78 is 0. The molecule has 8 nitrogen and oxygen atoms in total. The Balaban J connectivity index is 1.43. The van der Waals surface area contributed by atoms with Gasteiger partial charge in [0.2, 0.25) is 0 Å². The monoisotopic (exact) mass is 394 g/mol. The summed E-state index contributed by atoms with van der Waals surface area (Å²) in [5.74, 6) is -0.426. The number of aryl methyl sites for hydroxylation is 1. The van der Waals surface area contributed by atoms with Crippen LogP contribution in [0.1, 0.15) is 43.2 Å². The van der Waals surface area contributed by atoms with Crippen LogP contribution >= 0.6 is 0 Å². The highest BCUT2D eigenvalue weighted by Gasteiger charge is 2.55. The second-order valence-electron chi connectivity index (χ2n) is 7.51. The largest absolute Gasteiger partial charge is 0.508 e. The third kappa shape index (κ3) is 3.53. The highest BCUT2D eigenvalue weighted by molar-refractivity contribution is 5.98. The minimum atomic E-state index is -0.315. The summed E-state index contributed by atoms with van der Waals surface area (Å²) >= 11 is 0. The van der Waals surface area contributed by atoms with Crippen LogP contribution in [0.2, 0.25) is 0 Å². The van der Waals surface area contributed by atoms with E-state index >= 15 is 0 Å². The molecule has 1 aromatic heterocycles. The van der Waals surface area contributed by atoms with Gasteiger partial charge in [0, 0.05) is 37.3 Å². The molecule has 8 heteroatoms. The minimum absolute atomic E-state index is 0.0584. The smallest absolute Gasteiger partial charge is 0.269 e. The molecular weight excluding hydrogens is 372 g/mol. The number of piperidine rings is 1. The number of amides is 3. The summed E-state index contributed by atoms with van der Waals surface area (Å²) in [5, 5.41) is 15.2. The van der Waals surface area contributed by atoms with Crippen molar-refractivity contribution in [3.63, 3.8) is 0 Å². The SMILES string of the molecule is CNC(=O)c1ccc(C(=O)NC2CN(C(=O)c3cc(O)ccc3C)C3CC23)cn1. The molecule has 1 aliphatic heterocycles. The van der Waals surface area contributed by atoms with Gasteiger partial charge in [-0.1, -0.05) is 6.07 Å². The maximum atomic E-state index is 12.9. The number of phenols is 1. The highest BCUT2D eigenvalue weighted by Crippen LogP contribution is 2.45. The lowest BCUT2D eigenvalue weighted by Crippen LogP contribution is -2.42. The second-order valence-corrected chi connectivity index (χ2v) is 7.51. The summed E-state index contributed by atoms with van der Waals surface area (Å²) in [6, 6.07) is 7.81. The normalized spacial score (nSPS) is 22.0. The third-order valence-electron chi connectivity index (χ3n) is 5.63. The van der Waals surface area contributed by atoms with Crippen molar-refractivity contribution in [1.82, 2.24) is 20.5 Å². The summed E-state index contributed by atoms with van der Waals surface area (Å²) in [7, 11) is 1.52. The van der Waals surface area contributed by atoms with Crippen molar-refractivity contribution < 1.29 is 19.5 Å². The van der Waals surface area contributed by atoms with Gasteiger partial charge in [0.25, 0.3) is 17.7 Å². The van der Waals surface area contributed by atoms with E-state index in [1.54, 1.807) is 23.1 Å². The van der Waals surface area contributed by atoms with Crippen molar-refractivity contribution in [1.29, 1.82) is 0 Å². The quantitative estimate of drug-likeness (QED) is 0.719. The molecular formula is C21H22N4O4. The van der Waals surface area contributed by atoms with E-state index in [4.69, 9.17) is 0 Å². The van der Waals surface area contributed by atoms with Crippen LogP contribution in [0.15, 0.2) is 36.5 Å². The van der Waals surface area contributed by atoms with E-state index in [0.29, 0.717) is 17.7 Å². The number of hydrogen-bond donors (Lipinski definition) is 3.